The van der Waals surface area contributed by atoms with E-state index in [1.807, 2.05) is 0 Å². The Balaban J connectivity index is 4.72. The highest BCUT2D eigenvalue weighted by Gasteiger charge is 2.42. The Bertz CT molecular complexity index is 265. The summed E-state index contributed by atoms with van der Waals surface area (Å²) in [6, 6.07) is 0. The Morgan fingerprint density at radius 3 is 2.00 bits per heavy atom. The summed E-state index contributed by atoms with van der Waals surface area (Å²) in [5, 5.41) is 36.3. The van der Waals surface area contributed by atoms with E-state index in [0.29, 0.717) is 0 Å². The van der Waals surface area contributed by atoms with E-state index in [9.17, 15) is 14.7 Å². The Morgan fingerprint density at radius 2 is 1.75 bits per heavy atom. The molecule has 2 unspecified atom stereocenters. The predicted molar refractivity (Wildman–Crippen MR) is 54.1 cm³/mol. The van der Waals surface area contributed by atoms with Crippen molar-refractivity contribution in [2.75, 3.05) is 0 Å². The number of carbonyl (C=O) groups excluding carboxylic acids is 1. The lowest BCUT2D eigenvalue weighted by Gasteiger charge is -2.28. The molecular formula is C10H17O6. The van der Waals surface area contributed by atoms with Crippen LogP contribution in [0.2, 0.25) is 0 Å². The van der Waals surface area contributed by atoms with Gasteiger partial charge in [0.25, 0.3) is 0 Å². The lowest BCUT2D eigenvalue weighted by atomic mass is 9.89. The van der Waals surface area contributed by atoms with Crippen molar-refractivity contribution in [1.29, 1.82) is 0 Å². The van der Waals surface area contributed by atoms with E-state index in [-0.39, 0.29) is 11.7 Å². The van der Waals surface area contributed by atoms with Crippen LogP contribution in [-0.2, 0) is 9.59 Å². The first-order valence-corrected chi connectivity index (χ1v) is 4.81. The first-order valence-electron chi connectivity index (χ1n) is 4.81. The number of ketones is 1. The highest BCUT2D eigenvalue weighted by Crippen LogP contribution is 2.21. The van der Waals surface area contributed by atoms with E-state index in [4.69, 9.17) is 15.3 Å². The molecule has 4 N–H and O–H groups in total. The van der Waals surface area contributed by atoms with Gasteiger partial charge in [-0.1, -0.05) is 13.8 Å². The molecule has 0 fully saturated rings. The van der Waals surface area contributed by atoms with Gasteiger partial charge < -0.3 is 20.4 Å². The minimum Gasteiger partial charge on any atom is -0.481 e. The summed E-state index contributed by atoms with van der Waals surface area (Å²) in [5.41, 5.74) is 0. The molecule has 0 rings (SSSR count). The van der Waals surface area contributed by atoms with Crippen LogP contribution in [0.25, 0.3) is 0 Å². The molecule has 93 valence electrons. The van der Waals surface area contributed by atoms with Crippen molar-refractivity contribution in [2.24, 2.45) is 11.8 Å². The maximum atomic E-state index is 11.3. The fourth-order valence-corrected chi connectivity index (χ4v) is 1.23. The number of aliphatic hydroxyl groups is 3. The van der Waals surface area contributed by atoms with Crippen LogP contribution in [0.1, 0.15) is 20.3 Å². The third kappa shape index (κ3) is 4.26. The number of Topliss-reactive ketones (excluding diaryl/α,β-unsaturated/α-hetero) is 1. The number of aliphatic hydroxyl groups excluding tert-OH is 1. The first kappa shape index (κ1) is 15.0. The van der Waals surface area contributed by atoms with Crippen LogP contribution in [0.15, 0.2) is 0 Å². The second-order valence-electron chi connectivity index (χ2n) is 4.09. The zero-order valence-electron chi connectivity index (χ0n) is 9.25. The maximum absolute atomic E-state index is 11.3. The van der Waals surface area contributed by atoms with Gasteiger partial charge in [0, 0.05) is 19.3 Å². The monoisotopic (exact) mass is 233 g/mol. The van der Waals surface area contributed by atoms with Crippen molar-refractivity contribution in [3.05, 3.63) is 6.92 Å². The van der Waals surface area contributed by atoms with Crippen LogP contribution in [-0.4, -0.2) is 44.1 Å². The van der Waals surface area contributed by atoms with E-state index in [0.717, 1.165) is 0 Å². The number of carboxylic acids is 1. The standard InChI is InChI=1S/C10H17O6/c1-5(2)6(11)4-7(12)8(9(13)14)10(3,15)16/h5,7-8,12,15-16H,3-4H2,1-2H3,(H,13,14). The quantitative estimate of drug-likeness (QED) is 0.445. The fourth-order valence-electron chi connectivity index (χ4n) is 1.23. The lowest BCUT2D eigenvalue weighted by Crippen LogP contribution is -2.47. The minimum absolute atomic E-state index is 0.358. The largest absolute Gasteiger partial charge is 0.481 e. The summed E-state index contributed by atoms with van der Waals surface area (Å²) in [5.74, 6) is -7.08. The molecule has 2 atom stereocenters. The summed E-state index contributed by atoms with van der Waals surface area (Å²) in [4.78, 5) is 22.0. The van der Waals surface area contributed by atoms with Crippen molar-refractivity contribution < 1.29 is 30.0 Å². The second kappa shape index (κ2) is 5.38. The molecular weight excluding hydrogens is 216 g/mol. The molecule has 0 bridgehead atoms. The van der Waals surface area contributed by atoms with Gasteiger partial charge >= 0.3 is 5.97 Å². The number of aliphatic carboxylic acids is 1. The smallest absolute Gasteiger partial charge is 0.314 e. The Morgan fingerprint density at radius 1 is 1.31 bits per heavy atom. The number of carboxylic acid groups (broad SMARTS) is 1. The summed E-state index contributed by atoms with van der Waals surface area (Å²) >= 11 is 0. The van der Waals surface area contributed by atoms with Crippen molar-refractivity contribution in [3.63, 3.8) is 0 Å². The molecule has 0 aliphatic carbocycles. The van der Waals surface area contributed by atoms with E-state index < -0.39 is 30.2 Å². The summed E-state index contributed by atoms with van der Waals surface area (Å²) in [6.45, 7) is 6.02. The zero-order valence-corrected chi connectivity index (χ0v) is 9.25. The van der Waals surface area contributed by atoms with Gasteiger partial charge in [0.15, 0.2) is 5.79 Å². The average Bonchev–Trinajstić information content (AvgIpc) is 1.99. The fraction of sp³-hybridized carbons (Fsp3) is 0.700. The Hall–Kier alpha value is -0.980. The molecule has 0 saturated carbocycles. The molecule has 0 amide bonds. The van der Waals surface area contributed by atoms with Crippen molar-refractivity contribution in [1.82, 2.24) is 0 Å². The minimum atomic E-state index is -2.82. The molecule has 0 heterocycles. The molecule has 0 aliphatic rings. The van der Waals surface area contributed by atoms with Crippen LogP contribution in [0.5, 0.6) is 0 Å². The van der Waals surface area contributed by atoms with Gasteiger partial charge in [0.1, 0.15) is 11.7 Å². The second-order valence-corrected chi connectivity index (χ2v) is 4.09. The maximum Gasteiger partial charge on any atom is 0.314 e. The van der Waals surface area contributed by atoms with Gasteiger partial charge in [0.2, 0.25) is 0 Å². The van der Waals surface area contributed by atoms with E-state index in [1.54, 1.807) is 13.8 Å². The van der Waals surface area contributed by atoms with Gasteiger partial charge in [-0.15, -0.1) is 0 Å². The van der Waals surface area contributed by atoms with Crippen LogP contribution < -0.4 is 0 Å². The van der Waals surface area contributed by atoms with Gasteiger partial charge in [-0.2, -0.15) is 0 Å². The van der Waals surface area contributed by atoms with Gasteiger partial charge in [-0.25, -0.2) is 0 Å². The topological polar surface area (TPSA) is 115 Å². The average molecular weight is 233 g/mol. The highest BCUT2D eigenvalue weighted by molar-refractivity contribution is 5.82. The zero-order chi connectivity index (χ0) is 13.1. The molecule has 0 saturated heterocycles. The van der Waals surface area contributed by atoms with Gasteiger partial charge in [-0.3, -0.25) is 9.59 Å². The van der Waals surface area contributed by atoms with Crippen molar-refractivity contribution >= 4 is 11.8 Å². The summed E-state index contributed by atoms with van der Waals surface area (Å²) in [7, 11) is 0. The van der Waals surface area contributed by atoms with Crippen LogP contribution >= 0.6 is 0 Å². The SMILES string of the molecule is [CH2]C(O)(O)C(C(=O)O)C(O)CC(=O)C(C)C. The first-order chi connectivity index (χ1) is 7.07. The van der Waals surface area contributed by atoms with Crippen molar-refractivity contribution in [3.8, 4) is 0 Å². The number of hydrogen-bond acceptors (Lipinski definition) is 5. The highest BCUT2D eigenvalue weighted by atomic mass is 16.5. The Kier molecular flexibility index (Phi) is 5.05. The van der Waals surface area contributed by atoms with Crippen molar-refractivity contribution in [2.45, 2.75) is 32.2 Å². The molecule has 6 nitrogen and oxygen atoms in total. The summed E-state index contributed by atoms with van der Waals surface area (Å²) in [6.07, 6.45) is -2.13. The normalized spacial score (nSPS) is 15.9. The molecule has 0 aromatic rings. The van der Waals surface area contributed by atoms with Gasteiger partial charge in [0.05, 0.1) is 6.10 Å². The third-order valence-corrected chi connectivity index (χ3v) is 2.20. The Labute approximate surface area is 93.5 Å². The molecule has 0 aliphatic heterocycles. The lowest BCUT2D eigenvalue weighted by molar-refractivity contribution is -0.202. The van der Waals surface area contributed by atoms with Crippen LogP contribution in [0.3, 0.4) is 0 Å². The predicted octanol–water partition coefficient (Wildman–Crippen LogP) is -0.822. The molecule has 0 aromatic heterocycles. The number of rotatable bonds is 6. The summed E-state index contributed by atoms with van der Waals surface area (Å²) < 4.78 is 0. The van der Waals surface area contributed by atoms with E-state index >= 15 is 0 Å². The molecule has 0 spiro atoms. The van der Waals surface area contributed by atoms with E-state index in [1.165, 1.54) is 0 Å². The molecule has 1 radical (unpaired) electrons. The van der Waals surface area contributed by atoms with Crippen LogP contribution in [0.4, 0.5) is 0 Å². The molecule has 16 heavy (non-hydrogen) atoms. The third-order valence-electron chi connectivity index (χ3n) is 2.20. The van der Waals surface area contributed by atoms with Gasteiger partial charge in [-0.05, 0) is 0 Å². The number of hydrogen-bond donors (Lipinski definition) is 4. The van der Waals surface area contributed by atoms with Crippen LogP contribution in [0, 0.1) is 18.8 Å². The van der Waals surface area contributed by atoms with E-state index in [2.05, 4.69) is 6.92 Å². The molecule has 0 aromatic carbocycles. The molecule has 6 heteroatoms. The number of carbonyl (C=O) groups is 2.